The van der Waals surface area contributed by atoms with Crippen LogP contribution in [-0.4, -0.2) is 29.1 Å². The van der Waals surface area contributed by atoms with Crippen molar-refractivity contribution in [3.05, 3.63) is 0 Å². The predicted octanol–water partition coefficient (Wildman–Crippen LogP) is 1.87. The normalized spacial score (nSPS) is 13.8. The van der Waals surface area contributed by atoms with E-state index in [4.69, 9.17) is 5.73 Å². The molecule has 5 nitrogen and oxygen atoms in total. The summed E-state index contributed by atoms with van der Waals surface area (Å²) in [6.07, 6.45) is 6.47. The molecular formula is C15H30N2O3. The van der Waals surface area contributed by atoms with E-state index in [1.807, 2.05) is 6.92 Å². The van der Waals surface area contributed by atoms with E-state index >= 15 is 0 Å². The zero-order valence-electron chi connectivity index (χ0n) is 12.9. The Morgan fingerprint density at radius 1 is 1.10 bits per heavy atom. The van der Waals surface area contributed by atoms with Gasteiger partial charge in [0.1, 0.15) is 0 Å². The number of carbonyl (C=O) groups is 2. The first kappa shape index (κ1) is 18.9. The average Bonchev–Trinajstić information content (AvgIpc) is 2.37. The largest absolute Gasteiger partial charge is 0.391 e. The maximum atomic E-state index is 11.8. The first-order valence-electron chi connectivity index (χ1n) is 7.76. The van der Waals surface area contributed by atoms with E-state index in [1.54, 1.807) is 0 Å². The number of hydrogen-bond donors (Lipinski definition) is 3. The molecule has 0 unspecified atom stereocenters. The monoisotopic (exact) mass is 286 g/mol. The van der Waals surface area contributed by atoms with Crippen molar-refractivity contribution in [2.45, 2.75) is 83.8 Å². The molecule has 0 saturated heterocycles. The molecule has 0 aliphatic heterocycles. The third-order valence-electron chi connectivity index (χ3n) is 3.32. The highest BCUT2D eigenvalue weighted by atomic mass is 16.3. The molecule has 20 heavy (non-hydrogen) atoms. The molecule has 0 aliphatic carbocycles. The molecule has 0 bridgehead atoms. The van der Waals surface area contributed by atoms with Crippen LogP contribution < -0.4 is 11.1 Å². The highest BCUT2D eigenvalue weighted by Crippen LogP contribution is 2.08. The van der Waals surface area contributed by atoms with E-state index in [0.29, 0.717) is 12.8 Å². The number of aliphatic hydroxyl groups is 1. The van der Waals surface area contributed by atoms with Crippen LogP contribution >= 0.6 is 0 Å². The average molecular weight is 286 g/mol. The second kappa shape index (κ2) is 11.7. The Kier molecular flexibility index (Phi) is 11.1. The number of amides is 2. The van der Waals surface area contributed by atoms with Crippen molar-refractivity contribution in [2.75, 3.05) is 0 Å². The van der Waals surface area contributed by atoms with Gasteiger partial charge in [0, 0.05) is 12.8 Å². The van der Waals surface area contributed by atoms with Gasteiger partial charge in [0.15, 0.2) is 0 Å². The van der Waals surface area contributed by atoms with Crippen molar-refractivity contribution in [2.24, 2.45) is 5.73 Å². The second-order valence-electron chi connectivity index (χ2n) is 5.36. The summed E-state index contributed by atoms with van der Waals surface area (Å²) in [5.41, 5.74) is 5.16. The van der Waals surface area contributed by atoms with Crippen LogP contribution in [0.5, 0.6) is 0 Å². The maximum Gasteiger partial charge on any atom is 0.220 e. The lowest BCUT2D eigenvalue weighted by molar-refractivity contribution is -0.124. The van der Waals surface area contributed by atoms with Gasteiger partial charge in [-0.3, -0.25) is 9.59 Å². The summed E-state index contributed by atoms with van der Waals surface area (Å²) in [6.45, 7) is 4.09. The fraction of sp³-hybridized carbons (Fsp3) is 0.867. The van der Waals surface area contributed by atoms with E-state index in [9.17, 15) is 14.7 Å². The lowest BCUT2D eigenvalue weighted by atomic mass is 10.0. The minimum Gasteiger partial charge on any atom is -0.391 e. The van der Waals surface area contributed by atoms with Crippen molar-refractivity contribution < 1.29 is 14.7 Å². The van der Waals surface area contributed by atoms with Gasteiger partial charge >= 0.3 is 0 Å². The Labute approximate surface area is 122 Å². The van der Waals surface area contributed by atoms with Crippen LogP contribution in [0, 0.1) is 0 Å². The van der Waals surface area contributed by atoms with E-state index in [0.717, 1.165) is 25.7 Å². The van der Waals surface area contributed by atoms with Crippen molar-refractivity contribution in [1.29, 1.82) is 0 Å². The lowest BCUT2D eigenvalue weighted by Crippen LogP contribution is -2.45. The van der Waals surface area contributed by atoms with Gasteiger partial charge in [0.05, 0.1) is 12.1 Å². The fourth-order valence-electron chi connectivity index (χ4n) is 2.17. The van der Waals surface area contributed by atoms with Gasteiger partial charge in [-0.15, -0.1) is 0 Å². The molecule has 4 N–H and O–H groups in total. The molecule has 0 fully saturated rings. The SMILES string of the molecule is CCCCCCCC(=O)N[C@H](CC(N)=O)[C@H](O)CCC. The Balaban J connectivity index is 4.07. The molecule has 0 spiro atoms. The molecule has 5 heteroatoms. The predicted molar refractivity (Wildman–Crippen MR) is 80.0 cm³/mol. The summed E-state index contributed by atoms with van der Waals surface area (Å²) in [4.78, 5) is 22.8. The molecule has 2 amide bonds. The number of unbranched alkanes of at least 4 members (excludes halogenated alkanes) is 4. The second-order valence-corrected chi connectivity index (χ2v) is 5.36. The van der Waals surface area contributed by atoms with Crippen molar-refractivity contribution in [3.8, 4) is 0 Å². The topological polar surface area (TPSA) is 92.4 Å². The highest BCUT2D eigenvalue weighted by Gasteiger charge is 2.22. The van der Waals surface area contributed by atoms with E-state index in [-0.39, 0.29) is 12.3 Å². The number of rotatable bonds is 12. The van der Waals surface area contributed by atoms with E-state index < -0.39 is 18.1 Å². The summed E-state index contributed by atoms with van der Waals surface area (Å²) in [5, 5.41) is 12.7. The number of nitrogens with one attached hydrogen (secondary N) is 1. The van der Waals surface area contributed by atoms with Gasteiger partial charge < -0.3 is 16.2 Å². The summed E-state index contributed by atoms with van der Waals surface area (Å²) >= 11 is 0. The van der Waals surface area contributed by atoms with Crippen LogP contribution in [0.2, 0.25) is 0 Å². The van der Waals surface area contributed by atoms with Crippen molar-refractivity contribution >= 4 is 11.8 Å². The van der Waals surface area contributed by atoms with Gasteiger partial charge in [-0.25, -0.2) is 0 Å². The number of primary amides is 1. The van der Waals surface area contributed by atoms with Crippen molar-refractivity contribution in [3.63, 3.8) is 0 Å². The molecule has 0 aromatic heterocycles. The third-order valence-corrected chi connectivity index (χ3v) is 3.32. The Morgan fingerprint density at radius 3 is 2.30 bits per heavy atom. The number of hydrogen-bond acceptors (Lipinski definition) is 3. The van der Waals surface area contributed by atoms with Crippen LogP contribution in [0.3, 0.4) is 0 Å². The smallest absolute Gasteiger partial charge is 0.220 e. The van der Waals surface area contributed by atoms with Crippen LogP contribution in [0.4, 0.5) is 0 Å². The molecule has 0 aromatic carbocycles. The highest BCUT2D eigenvalue weighted by molar-refractivity contribution is 5.78. The van der Waals surface area contributed by atoms with Crippen molar-refractivity contribution in [1.82, 2.24) is 5.32 Å². The molecule has 0 aliphatic rings. The molecule has 2 atom stereocenters. The quantitative estimate of drug-likeness (QED) is 0.478. The first-order valence-corrected chi connectivity index (χ1v) is 7.76. The summed E-state index contributed by atoms with van der Waals surface area (Å²) < 4.78 is 0. The zero-order chi connectivity index (χ0) is 15.4. The Hall–Kier alpha value is -1.10. The standard InChI is InChI=1S/C15H30N2O3/c1-3-5-6-7-8-10-15(20)17-12(11-14(16)19)13(18)9-4-2/h12-13,18H,3-11H2,1-2H3,(H2,16,19)(H,17,20)/t12-,13-/m1/s1. The molecule has 0 aromatic rings. The van der Waals surface area contributed by atoms with Crippen LogP contribution in [-0.2, 0) is 9.59 Å². The lowest BCUT2D eigenvalue weighted by Gasteiger charge is -2.22. The minimum absolute atomic E-state index is 0.0112. The molecule has 0 rings (SSSR count). The number of carbonyl (C=O) groups excluding carboxylic acids is 2. The minimum atomic E-state index is -0.712. The number of nitrogens with two attached hydrogens (primary N) is 1. The summed E-state index contributed by atoms with van der Waals surface area (Å²) in [6, 6.07) is -0.560. The van der Waals surface area contributed by atoms with Crippen LogP contribution in [0.1, 0.15) is 71.6 Å². The van der Waals surface area contributed by atoms with Gasteiger partial charge in [-0.05, 0) is 12.8 Å². The fourth-order valence-corrected chi connectivity index (χ4v) is 2.17. The van der Waals surface area contributed by atoms with Gasteiger partial charge in [-0.1, -0.05) is 46.0 Å². The number of aliphatic hydroxyl groups excluding tert-OH is 1. The van der Waals surface area contributed by atoms with E-state index in [2.05, 4.69) is 12.2 Å². The van der Waals surface area contributed by atoms with Crippen LogP contribution in [0.25, 0.3) is 0 Å². The maximum absolute atomic E-state index is 11.8. The van der Waals surface area contributed by atoms with Gasteiger partial charge in [0.25, 0.3) is 0 Å². The molecule has 0 saturated carbocycles. The first-order chi connectivity index (χ1) is 9.51. The molecule has 0 heterocycles. The summed E-state index contributed by atoms with van der Waals surface area (Å²) in [5.74, 6) is -0.615. The molecule has 118 valence electrons. The zero-order valence-corrected chi connectivity index (χ0v) is 12.9. The Bertz CT molecular complexity index is 282. The summed E-state index contributed by atoms with van der Waals surface area (Å²) in [7, 11) is 0. The molecular weight excluding hydrogens is 256 g/mol. The molecule has 0 radical (unpaired) electrons. The van der Waals surface area contributed by atoms with Crippen LogP contribution in [0.15, 0.2) is 0 Å². The van der Waals surface area contributed by atoms with E-state index in [1.165, 1.54) is 12.8 Å². The van der Waals surface area contributed by atoms with Gasteiger partial charge in [-0.2, -0.15) is 0 Å². The van der Waals surface area contributed by atoms with Gasteiger partial charge in [0.2, 0.25) is 11.8 Å². The third kappa shape index (κ3) is 9.78. The Morgan fingerprint density at radius 2 is 1.75 bits per heavy atom.